The topological polar surface area (TPSA) is 46.5 Å². The van der Waals surface area contributed by atoms with Crippen molar-refractivity contribution in [1.82, 2.24) is 0 Å². The van der Waals surface area contributed by atoms with E-state index in [1.807, 2.05) is 36.4 Å². The monoisotopic (exact) mass is 330 g/mol. The second kappa shape index (κ2) is 7.49. The predicted molar refractivity (Wildman–Crippen MR) is 99.7 cm³/mol. The molecule has 3 rings (SSSR count). The number of ketones is 1. The van der Waals surface area contributed by atoms with E-state index in [2.05, 4.69) is 0 Å². The minimum atomic E-state index is -0.0677. The smallest absolute Gasteiger partial charge is 0.193 e. The summed E-state index contributed by atoms with van der Waals surface area (Å²) in [6.07, 6.45) is 1.83. The van der Waals surface area contributed by atoms with E-state index in [0.717, 1.165) is 11.1 Å². The molecular weight excluding hydrogens is 312 g/mol. The first-order valence-electron chi connectivity index (χ1n) is 7.92. The lowest BCUT2D eigenvalue weighted by atomic mass is 9.94. The average Bonchev–Trinajstić information content (AvgIpc) is 2.68. The van der Waals surface area contributed by atoms with E-state index < -0.39 is 0 Å². The molecule has 25 heavy (non-hydrogen) atoms. The maximum Gasteiger partial charge on any atom is 0.193 e. The number of rotatable bonds is 5. The van der Waals surface area contributed by atoms with Gasteiger partial charge >= 0.3 is 0 Å². The summed E-state index contributed by atoms with van der Waals surface area (Å²) in [6.45, 7) is 0. The highest BCUT2D eigenvalue weighted by atomic mass is 16.5. The largest absolute Gasteiger partial charge is 0.508 e. The molecule has 1 N–H and O–H groups in total. The zero-order valence-electron chi connectivity index (χ0n) is 13.8. The molecule has 3 aromatic rings. The van der Waals surface area contributed by atoms with Crippen LogP contribution in [0.2, 0.25) is 0 Å². The number of hydrogen-bond acceptors (Lipinski definition) is 3. The van der Waals surface area contributed by atoms with E-state index in [4.69, 9.17) is 4.74 Å². The minimum absolute atomic E-state index is 0.0677. The number of carbonyl (C=O) groups excluding carboxylic acids is 1. The Balaban J connectivity index is 2.04. The number of phenolic OH excluding ortho intramolecular Hbond substituents is 1. The van der Waals surface area contributed by atoms with E-state index in [1.54, 1.807) is 55.6 Å². The normalized spacial score (nSPS) is 11.2. The van der Waals surface area contributed by atoms with Crippen molar-refractivity contribution in [3.8, 4) is 11.5 Å². The van der Waals surface area contributed by atoms with Crippen molar-refractivity contribution >= 4 is 17.4 Å². The standard InChI is InChI=1S/C22H18O3/c1-25-20-13-9-18(10-14-20)22(24)21(17-5-3-2-4-6-17)15-16-7-11-19(23)12-8-16/h2-15,23H,1H3/b21-15+. The van der Waals surface area contributed by atoms with Gasteiger partial charge in [0.2, 0.25) is 0 Å². The molecule has 0 fully saturated rings. The first-order chi connectivity index (χ1) is 12.2. The highest BCUT2D eigenvalue weighted by molar-refractivity contribution is 6.32. The van der Waals surface area contributed by atoms with Crippen molar-refractivity contribution in [2.24, 2.45) is 0 Å². The van der Waals surface area contributed by atoms with Crippen LogP contribution in [0.4, 0.5) is 0 Å². The molecule has 0 radical (unpaired) electrons. The number of carbonyl (C=O) groups is 1. The van der Waals surface area contributed by atoms with Gasteiger partial charge in [-0.25, -0.2) is 0 Å². The quantitative estimate of drug-likeness (QED) is 0.414. The van der Waals surface area contributed by atoms with Gasteiger partial charge in [0, 0.05) is 11.1 Å². The minimum Gasteiger partial charge on any atom is -0.508 e. The molecular formula is C22H18O3. The van der Waals surface area contributed by atoms with Crippen LogP contribution in [0.3, 0.4) is 0 Å². The SMILES string of the molecule is COc1ccc(C(=O)/C(=C/c2ccc(O)cc2)c2ccccc2)cc1. The number of aromatic hydroxyl groups is 1. The van der Waals surface area contributed by atoms with Gasteiger partial charge in [0.25, 0.3) is 0 Å². The van der Waals surface area contributed by atoms with E-state index in [1.165, 1.54) is 0 Å². The molecule has 3 aromatic carbocycles. The fourth-order valence-corrected chi connectivity index (χ4v) is 2.53. The van der Waals surface area contributed by atoms with Crippen molar-refractivity contribution in [1.29, 1.82) is 0 Å². The maximum atomic E-state index is 13.1. The molecule has 0 amide bonds. The number of benzene rings is 3. The molecule has 0 bridgehead atoms. The summed E-state index contributed by atoms with van der Waals surface area (Å²) in [7, 11) is 1.59. The molecule has 0 saturated heterocycles. The first kappa shape index (κ1) is 16.5. The number of phenols is 1. The summed E-state index contributed by atoms with van der Waals surface area (Å²) < 4.78 is 5.15. The number of allylic oxidation sites excluding steroid dienone is 1. The van der Waals surface area contributed by atoms with Crippen LogP contribution in [0.15, 0.2) is 78.9 Å². The van der Waals surface area contributed by atoms with Crippen LogP contribution in [0.1, 0.15) is 21.5 Å². The van der Waals surface area contributed by atoms with Crippen molar-refractivity contribution < 1.29 is 14.6 Å². The predicted octanol–water partition coefficient (Wildman–Crippen LogP) is 4.82. The first-order valence-corrected chi connectivity index (χ1v) is 7.92. The van der Waals surface area contributed by atoms with Gasteiger partial charge in [-0.2, -0.15) is 0 Å². The van der Waals surface area contributed by atoms with Crippen molar-refractivity contribution in [3.05, 3.63) is 95.6 Å². The van der Waals surface area contributed by atoms with Crippen molar-refractivity contribution in [2.75, 3.05) is 7.11 Å². The number of hydrogen-bond donors (Lipinski definition) is 1. The summed E-state index contributed by atoms with van der Waals surface area (Å²) in [5.41, 5.74) is 2.88. The van der Waals surface area contributed by atoms with Crippen LogP contribution in [-0.2, 0) is 0 Å². The Morgan fingerprint density at radius 3 is 2.08 bits per heavy atom. The lowest BCUT2D eigenvalue weighted by molar-refractivity contribution is 0.105. The fourth-order valence-electron chi connectivity index (χ4n) is 2.53. The molecule has 0 aromatic heterocycles. The van der Waals surface area contributed by atoms with E-state index >= 15 is 0 Å². The Morgan fingerprint density at radius 2 is 1.48 bits per heavy atom. The number of methoxy groups -OCH3 is 1. The van der Waals surface area contributed by atoms with Gasteiger partial charge in [0.15, 0.2) is 5.78 Å². The van der Waals surface area contributed by atoms with Crippen LogP contribution < -0.4 is 4.74 Å². The Kier molecular flexibility index (Phi) is 4.95. The van der Waals surface area contributed by atoms with Crippen molar-refractivity contribution in [3.63, 3.8) is 0 Å². The molecule has 0 aliphatic carbocycles. The third kappa shape index (κ3) is 3.96. The number of Topliss-reactive ketones (excluding diaryl/α,β-unsaturated/α-hetero) is 1. The van der Waals surface area contributed by atoms with Gasteiger partial charge < -0.3 is 9.84 Å². The Bertz CT molecular complexity index is 877. The van der Waals surface area contributed by atoms with Crippen molar-refractivity contribution in [2.45, 2.75) is 0 Å². The van der Waals surface area contributed by atoms with Gasteiger partial charge in [-0.1, -0.05) is 42.5 Å². The van der Waals surface area contributed by atoms with Gasteiger partial charge in [0.05, 0.1) is 7.11 Å². The molecule has 0 aliphatic heterocycles. The molecule has 3 nitrogen and oxygen atoms in total. The average molecular weight is 330 g/mol. The summed E-state index contributed by atoms with van der Waals surface area (Å²) in [6, 6.07) is 23.4. The van der Waals surface area contributed by atoms with Crippen LogP contribution >= 0.6 is 0 Å². The fraction of sp³-hybridized carbons (Fsp3) is 0.0455. The summed E-state index contributed by atoms with van der Waals surface area (Å²) in [5, 5.41) is 9.44. The lowest BCUT2D eigenvalue weighted by Gasteiger charge is -2.09. The zero-order valence-corrected chi connectivity index (χ0v) is 13.8. The Hall–Kier alpha value is -3.33. The van der Waals surface area contributed by atoms with Gasteiger partial charge in [-0.15, -0.1) is 0 Å². The highest BCUT2D eigenvalue weighted by Gasteiger charge is 2.14. The molecule has 124 valence electrons. The summed E-state index contributed by atoms with van der Waals surface area (Å²) in [4.78, 5) is 13.1. The maximum absolute atomic E-state index is 13.1. The summed E-state index contributed by atoms with van der Waals surface area (Å²) >= 11 is 0. The van der Waals surface area contributed by atoms with Gasteiger partial charge in [0.1, 0.15) is 11.5 Å². The molecule has 0 saturated carbocycles. The summed E-state index contributed by atoms with van der Waals surface area (Å²) in [5.74, 6) is 0.835. The van der Waals surface area contributed by atoms with E-state index in [-0.39, 0.29) is 11.5 Å². The zero-order chi connectivity index (χ0) is 17.6. The third-order valence-corrected chi connectivity index (χ3v) is 3.89. The Morgan fingerprint density at radius 1 is 0.840 bits per heavy atom. The molecule has 0 heterocycles. The molecule has 0 atom stereocenters. The molecule has 0 spiro atoms. The molecule has 0 aliphatic rings. The molecule has 0 unspecified atom stereocenters. The second-order valence-corrected chi connectivity index (χ2v) is 5.57. The van der Waals surface area contributed by atoms with E-state index in [0.29, 0.717) is 16.9 Å². The third-order valence-electron chi connectivity index (χ3n) is 3.89. The van der Waals surface area contributed by atoms with Crippen LogP contribution in [0.25, 0.3) is 11.6 Å². The van der Waals surface area contributed by atoms with E-state index in [9.17, 15) is 9.90 Å². The Labute approximate surface area is 146 Å². The molecule has 3 heteroatoms. The van der Waals surface area contributed by atoms with Crippen LogP contribution in [0.5, 0.6) is 11.5 Å². The van der Waals surface area contributed by atoms with Crippen LogP contribution in [-0.4, -0.2) is 18.0 Å². The lowest BCUT2D eigenvalue weighted by Crippen LogP contribution is -2.03. The van der Waals surface area contributed by atoms with Gasteiger partial charge in [-0.3, -0.25) is 4.79 Å². The van der Waals surface area contributed by atoms with Gasteiger partial charge in [-0.05, 0) is 53.6 Å². The second-order valence-electron chi connectivity index (χ2n) is 5.57. The van der Waals surface area contributed by atoms with Crippen LogP contribution in [0, 0.1) is 0 Å². The number of ether oxygens (including phenoxy) is 1. The highest BCUT2D eigenvalue weighted by Crippen LogP contribution is 2.24.